The number of ether oxygens (including phenoxy) is 2. The quantitative estimate of drug-likeness (QED) is 0.267. The Kier molecular flexibility index (Phi) is 5.64. The Morgan fingerprint density at radius 3 is 2.79 bits per heavy atom. The van der Waals surface area contributed by atoms with Crippen molar-refractivity contribution >= 4 is 22.6 Å². The van der Waals surface area contributed by atoms with E-state index < -0.39 is 10.9 Å². The van der Waals surface area contributed by atoms with Crippen molar-refractivity contribution in [3.05, 3.63) is 74.8 Å². The number of nitrogens with zero attached hydrogens (tertiary/aromatic N) is 3. The van der Waals surface area contributed by atoms with E-state index in [-0.39, 0.29) is 29.2 Å². The third kappa shape index (κ3) is 3.98. The maximum absolute atomic E-state index is 12.4. The summed E-state index contributed by atoms with van der Waals surface area (Å²) in [5.74, 6) is -0.625. The van der Waals surface area contributed by atoms with E-state index in [1.807, 2.05) is 6.07 Å². The number of hydrogen-bond acceptors (Lipinski definition) is 7. The molecule has 0 amide bonds. The molecule has 144 valence electrons. The van der Waals surface area contributed by atoms with Crippen molar-refractivity contribution in [2.75, 3.05) is 13.7 Å². The molecule has 0 aliphatic rings. The first-order chi connectivity index (χ1) is 13.5. The fraction of sp³-hybridized carbons (Fsp3) is 0.211. The predicted molar refractivity (Wildman–Crippen MR) is 101 cm³/mol. The summed E-state index contributed by atoms with van der Waals surface area (Å²) < 4.78 is 11.5. The maximum atomic E-state index is 12.4. The Hall–Kier alpha value is -3.75. The van der Waals surface area contributed by atoms with Crippen molar-refractivity contribution in [3.8, 4) is 5.75 Å². The highest BCUT2D eigenvalue weighted by Crippen LogP contribution is 2.27. The minimum atomic E-state index is -0.685. The largest absolute Gasteiger partial charge is 0.490 e. The Balaban J connectivity index is 1.61. The van der Waals surface area contributed by atoms with E-state index >= 15 is 0 Å². The molecule has 2 aromatic carbocycles. The molecular formula is C19H17N3O6. The Labute approximate surface area is 159 Å². The lowest BCUT2D eigenvalue weighted by Crippen LogP contribution is -2.21. The summed E-state index contributed by atoms with van der Waals surface area (Å²) in [6, 6.07) is 10.9. The summed E-state index contributed by atoms with van der Waals surface area (Å²) in [4.78, 5) is 39.1. The summed E-state index contributed by atoms with van der Waals surface area (Å²) in [5.41, 5.74) is 0.196. The number of aryl methyl sites for hydroxylation is 1. The van der Waals surface area contributed by atoms with Gasteiger partial charge >= 0.3 is 11.7 Å². The van der Waals surface area contributed by atoms with Crippen LogP contribution in [0.15, 0.2) is 53.6 Å². The molecule has 0 bridgehead atoms. The van der Waals surface area contributed by atoms with Crippen LogP contribution in [0.5, 0.6) is 5.75 Å². The summed E-state index contributed by atoms with van der Waals surface area (Å²) in [6.07, 6.45) is 1.85. The SMILES string of the molecule is COc1ccc(C(=O)OCCCn2cnc3ccccc3c2=O)cc1[N+](=O)[O-]. The van der Waals surface area contributed by atoms with Gasteiger partial charge in [0.15, 0.2) is 5.75 Å². The molecule has 0 saturated heterocycles. The fourth-order valence-electron chi connectivity index (χ4n) is 2.71. The topological polar surface area (TPSA) is 114 Å². The van der Waals surface area contributed by atoms with Crippen LogP contribution >= 0.6 is 0 Å². The highest BCUT2D eigenvalue weighted by atomic mass is 16.6. The molecule has 9 nitrogen and oxygen atoms in total. The first-order valence-electron chi connectivity index (χ1n) is 8.45. The van der Waals surface area contributed by atoms with Crippen molar-refractivity contribution in [2.24, 2.45) is 0 Å². The van der Waals surface area contributed by atoms with E-state index in [1.54, 1.807) is 18.2 Å². The van der Waals surface area contributed by atoms with Gasteiger partial charge in [-0.2, -0.15) is 0 Å². The number of aromatic nitrogens is 2. The number of rotatable bonds is 7. The zero-order chi connectivity index (χ0) is 20.1. The minimum Gasteiger partial charge on any atom is -0.490 e. The molecule has 0 aliphatic heterocycles. The molecule has 0 unspecified atom stereocenters. The van der Waals surface area contributed by atoms with E-state index in [0.29, 0.717) is 23.9 Å². The molecule has 0 fully saturated rings. The fourth-order valence-corrected chi connectivity index (χ4v) is 2.71. The molecule has 3 rings (SSSR count). The molecular weight excluding hydrogens is 366 g/mol. The van der Waals surface area contributed by atoms with E-state index in [0.717, 1.165) is 6.07 Å². The number of carbonyl (C=O) groups is 1. The van der Waals surface area contributed by atoms with Crippen molar-refractivity contribution in [3.63, 3.8) is 0 Å². The van der Waals surface area contributed by atoms with Crippen LogP contribution < -0.4 is 10.3 Å². The monoisotopic (exact) mass is 383 g/mol. The van der Waals surface area contributed by atoms with Crippen molar-refractivity contribution in [1.29, 1.82) is 0 Å². The van der Waals surface area contributed by atoms with E-state index in [4.69, 9.17) is 9.47 Å². The zero-order valence-electron chi connectivity index (χ0n) is 15.0. The number of nitro benzene ring substituents is 1. The van der Waals surface area contributed by atoms with Gasteiger partial charge in [-0.25, -0.2) is 9.78 Å². The van der Waals surface area contributed by atoms with Crippen LogP contribution in [0.25, 0.3) is 10.9 Å². The van der Waals surface area contributed by atoms with Crippen LogP contribution in [0.3, 0.4) is 0 Å². The van der Waals surface area contributed by atoms with E-state index in [2.05, 4.69) is 4.98 Å². The number of para-hydroxylation sites is 1. The van der Waals surface area contributed by atoms with Crippen LogP contribution in [0.4, 0.5) is 5.69 Å². The van der Waals surface area contributed by atoms with Crippen molar-refractivity contribution < 1.29 is 19.2 Å². The second-order valence-electron chi connectivity index (χ2n) is 5.89. The highest BCUT2D eigenvalue weighted by Gasteiger charge is 2.18. The second kappa shape index (κ2) is 8.30. The molecule has 0 N–H and O–H groups in total. The van der Waals surface area contributed by atoms with Gasteiger partial charge in [-0.05, 0) is 30.7 Å². The third-order valence-electron chi connectivity index (χ3n) is 4.12. The first kappa shape index (κ1) is 19.0. The number of carbonyl (C=O) groups excluding carboxylic acids is 1. The van der Waals surface area contributed by atoms with Gasteiger partial charge in [0.05, 0.1) is 41.4 Å². The summed E-state index contributed by atoms with van der Waals surface area (Å²) in [6.45, 7) is 0.380. The Morgan fingerprint density at radius 1 is 1.25 bits per heavy atom. The minimum absolute atomic E-state index is 0.0528. The lowest BCUT2D eigenvalue weighted by molar-refractivity contribution is -0.385. The average Bonchev–Trinajstić information content (AvgIpc) is 2.72. The van der Waals surface area contributed by atoms with Crippen LogP contribution in [-0.2, 0) is 11.3 Å². The van der Waals surface area contributed by atoms with Crippen LogP contribution in [0.2, 0.25) is 0 Å². The smallest absolute Gasteiger partial charge is 0.338 e. The van der Waals surface area contributed by atoms with Crippen LogP contribution in [0, 0.1) is 10.1 Å². The maximum Gasteiger partial charge on any atom is 0.338 e. The molecule has 28 heavy (non-hydrogen) atoms. The van der Waals surface area contributed by atoms with Gasteiger partial charge in [0.25, 0.3) is 5.56 Å². The standard InChI is InChI=1S/C19H17N3O6/c1-27-17-8-7-13(11-16(17)22(25)26)19(24)28-10-4-9-21-12-20-15-6-3-2-5-14(15)18(21)23/h2-3,5-8,11-12H,4,9-10H2,1H3. The van der Waals surface area contributed by atoms with Gasteiger partial charge in [-0.1, -0.05) is 12.1 Å². The number of hydrogen-bond donors (Lipinski definition) is 0. The lowest BCUT2D eigenvalue weighted by atomic mass is 10.2. The van der Waals surface area contributed by atoms with Gasteiger partial charge in [0.1, 0.15) is 0 Å². The number of esters is 1. The molecule has 0 atom stereocenters. The number of fused-ring (bicyclic) bond motifs is 1. The second-order valence-corrected chi connectivity index (χ2v) is 5.89. The molecule has 0 saturated carbocycles. The number of methoxy groups -OCH3 is 1. The molecule has 1 aromatic heterocycles. The normalized spacial score (nSPS) is 10.6. The van der Waals surface area contributed by atoms with Crippen LogP contribution in [-0.4, -0.2) is 34.2 Å². The molecule has 0 spiro atoms. The molecule has 9 heteroatoms. The van der Waals surface area contributed by atoms with Crippen molar-refractivity contribution in [2.45, 2.75) is 13.0 Å². The summed E-state index contributed by atoms with van der Waals surface area (Å²) >= 11 is 0. The van der Waals surface area contributed by atoms with Gasteiger partial charge in [-0.3, -0.25) is 19.5 Å². The van der Waals surface area contributed by atoms with Crippen molar-refractivity contribution in [1.82, 2.24) is 9.55 Å². The molecule has 0 radical (unpaired) electrons. The zero-order valence-corrected chi connectivity index (χ0v) is 15.0. The van der Waals surface area contributed by atoms with Gasteiger partial charge < -0.3 is 9.47 Å². The van der Waals surface area contributed by atoms with Gasteiger partial charge in [-0.15, -0.1) is 0 Å². The van der Waals surface area contributed by atoms with E-state index in [1.165, 1.54) is 30.1 Å². The first-order valence-corrected chi connectivity index (χ1v) is 8.45. The Bertz CT molecular complexity index is 1090. The van der Waals surface area contributed by atoms with Gasteiger partial charge in [0.2, 0.25) is 0 Å². The Morgan fingerprint density at radius 2 is 2.04 bits per heavy atom. The van der Waals surface area contributed by atoms with Crippen LogP contribution in [0.1, 0.15) is 16.8 Å². The number of benzene rings is 2. The lowest BCUT2D eigenvalue weighted by Gasteiger charge is -2.08. The number of nitro groups is 1. The van der Waals surface area contributed by atoms with Gasteiger partial charge in [0, 0.05) is 12.6 Å². The average molecular weight is 383 g/mol. The molecule has 0 aliphatic carbocycles. The highest BCUT2D eigenvalue weighted by molar-refractivity contribution is 5.90. The third-order valence-corrected chi connectivity index (χ3v) is 4.12. The molecule has 1 heterocycles. The predicted octanol–water partition coefficient (Wildman–Crippen LogP) is 2.56. The van der Waals surface area contributed by atoms with E-state index in [9.17, 15) is 19.7 Å². The summed E-state index contributed by atoms with van der Waals surface area (Å²) in [5, 5.41) is 11.6. The molecule has 3 aromatic rings. The summed E-state index contributed by atoms with van der Waals surface area (Å²) in [7, 11) is 1.31.